The number of piperazine rings is 1. The van der Waals surface area contributed by atoms with Crippen LogP contribution in [0, 0.1) is 13.8 Å². The lowest BCUT2D eigenvalue weighted by atomic mass is 10.0. The van der Waals surface area contributed by atoms with E-state index in [2.05, 4.69) is 69.9 Å². The van der Waals surface area contributed by atoms with Gasteiger partial charge in [-0.15, -0.1) is 5.10 Å². The Hall–Kier alpha value is -2.83. The van der Waals surface area contributed by atoms with Crippen molar-refractivity contribution in [2.45, 2.75) is 46.6 Å². The predicted molar refractivity (Wildman–Crippen MR) is 113 cm³/mol. The first kappa shape index (κ1) is 18.5. The maximum atomic E-state index is 13.0. The molecular weight excluding hydrogens is 352 g/mol. The molecule has 0 spiro atoms. The number of aryl methyl sites for hydroxylation is 2. The third-order valence-corrected chi connectivity index (χ3v) is 5.60. The summed E-state index contributed by atoms with van der Waals surface area (Å²) in [4.78, 5) is 25.1. The van der Waals surface area contributed by atoms with Crippen LogP contribution < -0.4 is 15.4 Å². The molecule has 1 atom stereocenters. The van der Waals surface area contributed by atoms with Crippen LogP contribution in [0.3, 0.4) is 0 Å². The number of H-pyrrole nitrogens is 1. The van der Waals surface area contributed by atoms with Gasteiger partial charge in [0.05, 0.1) is 0 Å². The molecule has 1 unspecified atom stereocenters. The van der Waals surface area contributed by atoms with Gasteiger partial charge in [-0.1, -0.05) is 26.0 Å². The summed E-state index contributed by atoms with van der Waals surface area (Å²) in [6, 6.07) is 9.16. The Kier molecular flexibility index (Phi) is 4.61. The molecule has 1 aromatic carbocycles. The van der Waals surface area contributed by atoms with E-state index in [1.807, 2.05) is 6.92 Å². The second-order valence-corrected chi connectivity index (χ2v) is 8.03. The molecule has 1 N–H and O–H groups in total. The van der Waals surface area contributed by atoms with Crippen LogP contribution in [0.1, 0.15) is 43.8 Å². The molecular formula is C21H28N6O. The maximum absolute atomic E-state index is 13.0. The van der Waals surface area contributed by atoms with Crippen LogP contribution in [0.15, 0.2) is 29.1 Å². The Balaban J connectivity index is 1.59. The van der Waals surface area contributed by atoms with E-state index in [0.717, 1.165) is 25.3 Å². The molecule has 148 valence electrons. The molecule has 7 nitrogen and oxygen atoms in total. The van der Waals surface area contributed by atoms with Crippen molar-refractivity contribution in [3.05, 3.63) is 51.7 Å². The summed E-state index contributed by atoms with van der Waals surface area (Å²) in [6.07, 6.45) is 0. The Morgan fingerprint density at radius 3 is 2.50 bits per heavy atom. The minimum absolute atomic E-state index is 0.103. The summed E-state index contributed by atoms with van der Waals surface area (Å²) in [5, 5.41) is 4.24. The molecule has 0 saturated carbocycles. The lowest BCUT2D eigenvalue weighted by molar-refractivity contribution is 0.547. The van der Waals surface area contributed by atoms with Crippen molar-refractivity contribution in [2.75, 3.05) is 29.4 Å². The molecule has 28 heavy (non-hydrogen) atoms. The predicted octanol–water partition coefficient (Wildman–Crippen LogP) is 2.87. The van der Waals surface area contributed by atoms with E-state index in [1.165, 1.54) is 15.8 Å². The van der Waals surface area contributed by atoms with Crippen molar-refractivity contribution in [3.8, 4) is 0 Å². The zero-order valence-electron chi connectivity index (χ0n) is 17.2. The zero-order chi connectivity index (χ0) is 20.0. The van der Waals surface area contributed by atoms with Crippen molar-refractivity contribution in [3.63, 3.8) is 0 Å². The average Bonchev–Trinajstić information content (AvgIpc) is 3.02. The van der Waals surface area contributed by atoms with Crippen LogP contribution >= 0.6 is 0 Å². The Morgan fingerprint density at radius 2 is 1.86 bits per heavy atom. The molecule has 1 aliphatic heterocycles. The molecule has 4 rings (SSSR count). The van der Waals surface area contributed by atoms with E-state index in [4.69, 9.17) is 0 Å². The monoisotopic (exact) mass is 380 g/mol. The Labute approximate surface area is 165 Å². The topological polar surface area (TPSA) is 69.5 Å². The molecule has 0 radical (unpaired) electrons. The van der Waals surface area contributed by atoms with E-state index < -0.39 is 0 Å². The molecule has 1 aliphatic rings. The average molecular weight is 380 g/mol. The lowest BCUT2D eigenvalue weighted by Crippen LogP contribution is -2.53. The van der Waals surface area contributed by atoms with Gasteiger partial charge in [-0.25, -0.2) is 0 Å². The van der Waals surface area contributed by atoms with Gasteiger partial charge in [-0.3, -0.25) is 4.79 Å². The fourth-order valence-corrected chi connectivity index (χ4v) is 4.09. The van der Waals surface area contributed by atoms with Crippen molar-refractivity contribution < 1.29 is 0 Å². The van der Waals surface area contributed by atoms with Gasteiger partial charge in [0.2, 0.25) is 5.78 Å². The van der Waals surface area contributed by atoms with E-state index in [-0.39, 0.29) is 5.56 Å². The van der Waals surface area contributed by atoms with Gasteiger partial charge in [0, 0.05) is 37.1 Å². The number of anilines is 2. The highest BCUT2D eigenvalue weighted by Crippen LogP contribution is 2.25. The number of rotatable bonds is 3. The van der Waals surface area contributed by atoms with Crippen molar-refractivity contribution in [2.24, 2.45) is 0 Å². The van der Waals surface area contributed by atoms with Crippen molar-refractivity contribution >= 4 is 17.2 Å². The smallest absolute Gasteiger partial charge is 0.299 e. The Morgan fingerprint density at radius 1 is 1.14 bits per heavy atom. The lowest BCUT2D eigenvalue weighted by Gasteiger charge is -2.42. The molecule has 0 aliphatic carbocycles. The Bertz CT molecular complexity index is 1050. The number of aromatic amines is 1. The first-order chi connectivity index (χ1) is 13.3. The summed E-state index contributed by atoms with van der Waals surface area (Å²) in [7, 11) is 0. The molecule has 3 aromatic rings. The summed E-state index contributed by atoms with van der Waals surface area (Å²) >= 11 is 0. The number of nitrogens with zero attached hydrogens (tertiary/aromatic N) is 5. The summed E-state index contributed by atoms with van der Waals surface area (Å²) < 4.78 is 1.37. The van der Waals surface area contributed by atoms with E-state index >= 15 is 0 Å². The molecule has 7 heteroatoms. The number of fused-ring (bicyclic) bond motifs is 1. The third kappa shape index (κ3) is 3.15. The van der Waals surface area contributed by atoms with Gasteiger partial charge in [0.25, 0.3) is 5.56 Å². The number of hydrogen-bond acceptors (Lipinski definition) is 5. The molecule has 1 fully saturated rings. The van der Waals surface area contributed by atoms with E-state index in [1.54, 1.807) is 6.92 Å². The van der Waals surface area contributed by atoms with Gasteiger partial charge < -0.3 is 14.8 Å². The largest absolute Gasteiger partial charge is 0.365 e. The fourth-order valence-electron chi connectivity index (χ4n) is 4.09. The van der Waals surface area contributed by atoms with Crippen LogP contribution in [0.4, 0.5) is 11.4 Å². The highest BCUT2D eigenvalue weighted by Gasteiger charge is 2.27. The number of nitrogens with one attached hydrogen (secondary N) is 1. The molecule has 1 saturated heterocycles. The minimum Gasteiger partial charge on any atom is -0.365 e. The maximum Gasteiger partial charge on any atom is 0.299 e. The fraction of sp³-hybridized carbons (Fsp3) is 0.476. The normalized spacial score (nSPS) is 17.7. The molecule has 2 aromatic heterocycles. The van der Waals surface area contributed by atoms with Crippen LogP contribution in [0.2, 0.25) is 0 Å². The van der Waals surface area contributed by atoms with Gasteiger partial charge >= 0.3 is 0 Å². The first-order valence-corrected chi connectivity index (χ1v) is 9.93. The number of aromatic nitrogens is 4. The number of hydrogen-bond donors (Lipinski definition) is 1. The zero-order valence-corrected chi connectivity index (χ0v) is 17.2. The standard InChI is InChI=1S/C21H28N6O/c1-13(2)17-6-8-18(9-7-17)26-11-10-25(12-14(26)3)19-15(4)22-21-23-16(5)24-27(21)20(19)28/h6-9,13-14H,10-12H2,1-5H3,(H,22,23,24). The third-order valence-electron chi connectivity index (χ3n) is 5.60. The molecule has 0 bridgehead atoms. The van der Waals surface area contributed by atoms with Crippen molar-refractivity contribution in [1.29, 1.82) is 0 Å². The molecule has 3 heterocycles. The summed E-state index contributed by atoms with van der Waals surface area (Å²) in [6.45, 7) is 12.8. The summed E-state index contributed by atoms with van der Waals surface area (Å²) in [5.41, 5.74) is 4.03. The van der Waals surface area contributed by atoms with Crippen LogP contribution in [-0.4, -0.2) is 45.3 Å². The van der Waals surface area contributed by atoms with Crippen LogP contribution in [-0.2, 0) is 0 Å². The summed E-state index contributed by atoms with van der Waals surface area (Å²) in [5.74, 6) is 1.63. The van der Waals surface area contributed by atoms with Gasteiger partial charge in [-0.2, -0.15) is 9.50 Å². The van der Waals surface area contributed by atoms with Crippen molar-refractivity contribution in [1.82, 2.24) is 19.6 Å². The van der Waals surface area contributed by atoms with Crippen LogP contribution in [0.5, 0.6) is 0 Å². The van der Waals surface area contributed by atoms with Gasteiger partial charge in [0.15, 0.2) is 0 Å². The first-order valence-electron chi connectivity index (χ1n) is 9.93. The van der Waals surface area contributed by atoms with Gasteiger partial charge in [0.1, 0.15) is 11.5 Å². The SMILES string of the molecule is Cc1nc2[nH]c(C)c(N3CCN(c4ccc(C(C)C)cc4)C(C)C3)c(=O)n2n1. The van der Waals surface area contributed by atoms with E-state index in [0.29, 0.717) is 29.2 Å². The number of benzene rings is 1. The second kappa shape index (κ2) is 6.96. The van der Waals surface area contributed by atoms with E-state index in [9.17, 15) is 4.79 Å². The highest BCUT2D eigenvalue weighted by molar-refractivity contribution is 5.56. The highest BCUT2D eigenvalue weighted by atomic mass is 16.1. The minimum atomic E-state index is -0.103. The quantitative estimate of drug-likeness (QED) is 0.757. The molecule has 0 amide bonds. The van der Waals surface area contributed by atoms with Crippen LogP contribution in [0.25, 0.3) is 5.78 Å². The van der Waals surface area contributed by atoms with Gasteiger partial charge in [-0.05, 0) is 44.4 Å². The second-order valence-electron chi connectivity index (χ2n) is 8.03.